The zero-order valence-corrected chi connectivity index (χ0v) is 12.7. The van der Waals surface area contributed by atoms with Crippen molar-refractivity contribution in [3.05, 3.63) is 88.6 Å². The van der Waals surface area contributed by atoms with Crippen LogP contribution in [0.5, 0.6) is 0 Å². The SMILES string of the molecule is O=C(C[n+]1cccc(-c2ccccc2)n1)c1ccc([N+](=O)[O-])cc1. The number of carbonyl (C=O) groups excluding carboxylic acids is 1. The van der Waals surface area contributed by atoms with Crippen molar-refractivity contribution in [1.29, 1.82) is 0 Å². The number of ketones is 1. The molecule has 0 aliphatic carbocycles. The first-order valence-electron chi connectivity index (χ1n) is 7.33. The van der Waals surface area contributed by atoms with Gasteiger partial charge < -0.3 is 0 Å². The zero-order valence-electron chi connectivity index (χ0n) is 12.7. The van der Waals surface area contributed by atoms with E-state index in [-0.39, 0.29) is 18.0 Å². The van der Waals surface area contributed by atoms with Crippen LogP contribution in [0.3, 0.4) is 0 Å². The van der Waals surface area contributed by atoms with Crippen molar-refractivity contribution in [3.8, 4) is 11.3 Å². The van der Waals surface area contributed by atoms with Gasteiger partial charge in [0.2, 0.25) is 12.3 Å². The maximum atomic E-state index is 12.3. The Bertz CT molecular complexity index is 878. The van der Waals surface area contributed by atoms with Crippen molar-refractivity contribution < 1.29 is 14.4 Å². The number of rotatable bonds is 5. The number of Topliss-reactive ketones (excluding diaryl/α,β-unsaturated/α-hetero) is 1. The Labute approximate surface area is 138 Å². The van der Waals surface area contributed by atoms with Crippen LogP contribution in [0.4, 0.5) is 5.69 Å². The molecule has 3 aromatic rings. The molecule has 0 fully saturated rings. The summed E-state index contributed by atoms with van der Waals surface area (Å²) in [5.74, 6) is -0.160. The smallest absolute Gasteiger partial charge is 0.269 e. The van der Waals surface area contributed by atoms with Gasteiger partial charge in [0.15, 0.2) is 6.20 Å². The molecule has 0 amide bonds. The highest BCUT2D eigenvalue weighted by Crippen LogP contribution is 2.14. The van der Waals surface area contributed by atoms with Crippen LogP contribution >= 0.6 is 0 Å². The van der Waals surface area contributed by atoms with E-state index in [1.807, 2.05) is 42.5 Å². The summed E-state index contributed by atoms with van der Waals surface area (Å²) in [6.07, 6.45) is 1.72. The topological polar surface area (TPSA) is 77.0 Å². The first-order chi connectivity index (χ1) is 11.6. The number of nitro groups is 1. The Morgan fingerprint density at radius 1 is 1.00 bits per heavy atom. The minimum Gasteiger partial charge on any atom is -0.287 e. The summed E-state index contributed by atoms with van der Waals surface area (Å²) in [5, 5.41) is 15.1. The average molecular weight is 320 g/mol. The van der Waals surface area contributed by atoms with Crippen LogP contribution in [0.25, 0.3) is 11.3 Å². The molecule has 0 spiro atoms. The Morgan fingerprint density at radius 2 is 1.71 bits per heavy atom. The molecule has 0 bridgehead atoms. The number of nitro benzene ring substituents is 1. The van der Waals surface area contributed by atoms with E-state index in [2.05, 4.69) is 5.10 Å². The van der Waals surface area contributed by atoms with Gasteiger partial charge in [-0.2, -0.15) is 0 Å². The summed E-state index contributed by atoms with van der Waals surface area (Å²) in [7, 11) is 0. The van der Waals surface area contributed by atoms with Gasteiger partial charge in [-0.05, 0) is 18.2 Å². The molecule has 3 rings (SSSR count). The van der Waals surface area contributed by atoms with E-state index in [0.717, 1.165) is 11.3 Å². The van der Waals surface area contributed by atoms with Gasteiger partial charge in [0.1, 0.15) is 5.69 Å². The molecule has 118 valence electrons. The number of hydrogen-bond acceptors (Lipinski definition) is 4. The maximum Gasteiger partial charge on any atom is 0.269 e. The van der Waals surface area contributed by atoms with E-state index >= 15 is 0 Å². The Hall–Kier alpha value is -3.41. The molecule has 6 heteroatoms. The highest BCUT2D eigenvalue weighted by Gasteiger charge is 2.16. The summed E-state index contributed by atoms with van der Waals surface area (Å²) in [6.45, 7) is 0.0679. The standard InChI is InChI=1S/C18H14N3O3/c22-18(15-8-10-16(11-9-15)21(23)24)13-20-12-4-7-17(19-20)14-5-2-1-3-6-14/h1-12H,13H2/q+1. The molecule has 6 nitrogen and oxygen atoms in total. The molecular formula is C18H14N3O3+. The van der Waals surface area contributed by atoms with Gasteiger partial charge >= 0.3 is 0 Å². The third kappa shape index (κ3) is 3.49. The lowest BCUT2D eigenvalue weighted by molar-refractivity contribution is -0.740. The Morgan fingerprint density at radius 3 is 2.38 bits per heavy atom. The van der Waals surface area contributed by atoms with Crippen molar-refractivity contribution in [1.82, 2.24) is 5.10 Å². The van der Waals surface area contributed by atoms with Crippen molar-refractivity contribution >= 4 is 11.5 Å². The largest absolute Gasteiger partial charge is 0.287 e. The fourth-order valence-electron chi connectivity index (χ4n) is 2.30. The van der Waals surface area contributed by atoms with Gasteiger partial charge in [-0.3, -0.25) is 14.9 Å². The molecule has 24 heavy (non-hydrogen) atoms. The third-order valence-electron chi connectivity index (χ3n) is 3.52. The second kappa shape index (κ2) is 6.78. The molecular weight excluding hydrogens is 306 g/mol. The summed E-state index contributed by atoms with van der Waals surface area (Å²) in [6, 6.07) is 19.0. The van der Waals surface area contributed by atoms with E-state index < -0.39 is 4.92 Å². The van der Waals surface area contributed by atoms with E-state index in [9.17, 15) is 14.9 Å². The van der Waals surface area contributed by atoms with E-state index in [1.54, 1.807) is 10.9 Å². The van der Waals surface area contributed by atoms with Gasteiger partial charge in [0.25, 0.3) is 5.69 Å². The van der Waals surface area contributed by atoms with Crippen LogP contribution in [0.2, 0.25) is 0 Å². The van der Waals surface area contributed by atoms with Crippen molar-refractivity contribution in [2.24, 2.45) is 0 Å². The van der Waals surface area contributed by atoms with Crippen LogP contribution in [0.15, 0.2) is 72.9 Å². The molecule has 0 N–H and O–H groups in total. The molecule has 1 aromatic heterocycles. The van der Waals surface area contributed by atoms with Crippen molar-refractivity contribution in [3.63, 3.8) is 0 Å². The number of nitrogens with zero attached hydrogens (tertiary/aromatic N) is 3. The molecule has 0 aliphatic heterocycles. The van der Waals surface area contributed by atoms with Gasteiger partial charge in [0.05, 0.1) is 4.92 Å². The van der Waals surface area contributed by atoms with Crippen LogP contribution in [-0.4, -0.2) is 15.8 Å². The maximum absolute atomic E-state index is 12.3. The monoisotopic (exact) mass is 320 g/mol. The normalized spacial score (nSPS) is 10.3. The molecule has 0 saturated heterocycles. The van der Waals surface area contributed by atoms with Crippen LogP contribution in [0.1, 0.15) is 10.4 Å². The Kier molecular flexibility index (Phi) is 4.38. The van der Waals surface area contributed by atoms with Crippen LogP contribution in [0, 0.1) is 10.1 Å². The second-order valence-electron chi connectivity index (χ2n) is 5.18. The van der Waals surface area contributed by atoms with Gasteiger partial charge in [-0.15, -0.1) is 0 Å². The molecule has 0 atom stereocenters. The third-order valence-corrected chi connectivity index (χ3v) is 3.52. The van der Waals surface area contributed by atoms with E-state index in [1.165, 1.54) is 24.3 Å². The fourth-order valence-corrected chi connectivity index (χ4v) is 2.30. The first kappa shape index (κ1) is 15.5. The molecule has 2 aromatic carbocycles. The summed E-state index contributed by atoms with van der Waals surface area (Å²) in [4.78, 5) is 22.5. The number of aromatic nitrogens is 2. The number of benzene rings is 2. The first-order valence-corrected chi connectivity index (χ1v) is 7.33. The predicted octanol–water partition coefficient (Wildman–Crippen LogP) is 2.83. The summed E-state index contributed by atoms with van der Waals surface area (Å²) < 4.78 is 1.56. The average Bonchev–Trinajstić information content (AvgIpc) is 2.63. The van der Waals surface area contributed by atoms with E-state index in [0.29, 0.717) is 5.56 Å². The lowest BCUT2D eigenvalue weighted by Gasteiger charge is -2.00. The van der Waals surface area contributed by atoms with Crippen molar-refractivity contribution in [2.75, 3.05) is 0 Å². The number of hydrogen-bond donors (Lipinski definition) is 0. The predicted molar refractivity (Wildman–Crippen MR) is 87.3 cm³/mol. The van der Waals surface area contributed by atoms with Gasteiger partial charge in [0, 0.05) is 34.4 Å². The summed E-state index contributed by atoms with van der Waals surface area (Å²) >= 11 is 0. The minimum atomic E-state index is -0.492. The highest BCUT2D eigenvalue weighted by molar-refractivity contribution is 5.95. The molecule has 0 radical (unpaired) electrons. The lowest BCUT2D eigenvalue weighted by atomic mass is 10.1. The quantitative estimate of drug-likeness (QED) is 0.313. The molecule has 0 aliphatic rings. The second-order valence-corrected chi connectivity index (χ2v) is 5.18. The lowest BCUT2D eigenvalue weighted by Crippen LogP contribution is -2.41. The molecule has 0 unspecified atom stereocenters. The molecule has 1 heterocycles. The fraction of sp³-hybridized carbons (Fsp3) is 0.0556. The van der Waals surface area contributed by atoms with Gasteiger partial charge in [-0.25, -0.2) is 0 Å². The number of carbonyl (C=O) groups is 1. The zero-order chi connectivity index (χ0) is 16.9. The van der Waals surface area contributed by atoms with Gasteiger partial charge in [-0.1, -0.05) is 35.0 Å². The van der Waals surface area contributed by atoms with Crippen LogP contribution < -0.4 is 4.68 Å². The highest BCUT2D eigenvalue weighted by atomic mass is 16.6. The van der Waals surface area contributed by atoms with Crippen molar-refractivity contribution in [2.45, 2.75) is 6.54 Å². The minimum absolute atomic E-state index is 0.0385. The number of non-ortho nitro benzene ring substituents is 1. The summed E-state index contributed by atoms with van der Waals surface area (Å²) in [5.41, 5.74) is 2.12. The van der Waals surface area contributed by atoms with E-state index in [4.69, 9.17) is 0 Å². The Balaban J connectivity index is 1.78. The molecule has 0 saturated carbocycles. The van der Waals surface area contributed by atoms with Crippen LogP contribution in [-0.2, 0) is 6.54 Å².